The predicted molar refractivity (Wildman–Crippen MR) is 84.6 cm³/mol. The van der Waals surface area contributed by atoms with Crippen molar-refractivity contribution >= 4 is 27.7 Å². The highest BCUT2D eigenvalue weighted by atomic mass is 32.2. The maximum atomic E-state index is 12.0. The highest BCUT2D eigenvalue weighted by Crippen LogP contribution is 2.20. The Balaban J connectivity index is 1.90. The molecular weight excluding hydrogens is 308 g/mol. The highest BCUT2D eigenvalue weighted by Gasteiger charge is 2.23. The minimum absolute atomic E-state index is 0.0552. The third kappa shape index (κ3) is 4.72. The molecule has 1 N–H and O–H groups in total. The van der Waals surface area contributed by atoms with Crippen LogP contribution in [0.1, 0.15) is 18.4 Å². The molecule has 0 aromatic heterocycles. The molecule has 0 bridgehead atoms. The van der Waals surface area contributed by atoms with Crippen LogP contribution in [-0.2, 0) is 20.6 Å². The number of nitrogens with one attached hydrogen (secondary N) is 1. The van der Waals surface area contributed by atoms with Crippen LogP contribution in [0, 0.1) is 0 Å². The number of amides is 1. The predicted octanol–water partition coefficient (Wildman–Crippen LogP) is 1.45. The molecule has 1 aliphatic rings. The first-order valence-corrected chi connectivity index (χ1v) is 9.37. The summed E-state index contributed by atoms with van der Waals surface area (Å²) in [5.74, 6) is 1.08. The maximum Gasteiger partial charge on any atom is 0.242 e. The number of sulfonamides is 1. The lowest BCUT2D eigenvalue weighted by Gasteiger charge is -2.12. The van der Waals surface area contributed by atoms with E-state index < -0.39 is 10.0 Å². The van der Waals surface area contributed by atoms with Gasteiger partial charge in [-0.2, -0.15) is 0 Å². The monoisotopic (exact) mass is 328 g/mol. The number of thioether (sulfide) groups is 1. The Kier molecular flexibility index (Phi) is 5.29. The summed E-state index contributed by atoms with van der Waals surface area (Å²) in [6.07, 6.45) is 2.17. The van der Waals surface area contributed by atoms with E-state index in [1.165, 1.54) is 30.2 Å². The Morgan fingerprint density at radius 1 is 1.38 bits per heavy atom. The molecule has 1 aromatic carbocycles. The van der Waals surface area contributed by atoms with E-state index >= 15 is 0 Å². The van der Waals surface area contributed by atoms with Crippen molar-refractivity contribution in [1.82, 2.24) is 9.62 Å². The first kappa shape index (κ1) is 16.3. The summed E-state index contributed by atoms with van der Waals surface area (Å²) in [6, 6.07) is 7.24. The van der Waals surface area contributed by atoms with Crippen LogP contribution in [-0.4, -0.2) is 44.5 Å². The van der Waals surface area contributed by atoms with Crippen LogP contribution < -0.4 is 5.32 Å². The second kappa shape index (κ2) is 6.81. The molecule has 0 aliphatic heterocycles. The van der Waals surface area contributed by atoms with Crippen molar-refractivity contribution < 1.29 is 13.2 Å². The van der Waals surface area contributed by atoms with Crippen molar-refractivity contribution in [2.24, 2.45) is 0 Å². The Labute approximate surface area is 130 Å². The van der Waals surface area contributed by atoms with Gasteiger partial charge in [-0.1, -0.05) is 12.1 Å². The zero-order chi connectivity index (χ0) is 15.5. The number of benzene rings is 1. The van der Waals surface area contributed by atoms with Gasteiger partial charge in [0.15, 0.2) is 0 Å². The Morgan fingerprint density at radius 3 is 2.71 bits per heavy atom. The molecule has 0 radical (unpaired) electrons. The van der Waals surface area contributed by atoms with Gasteiger partial charge in [0, 0.05) is 25.9 Å². The fourth-order valence-electron chi connectivity index (χ4n) is 1.77. The molecule has 1 aromatic rings. The van der Waals surface area contributed by atoms with Crippen LogP contribution in [0.3, 0.4) is 0 Å². The number of nitrogens with zero attached hydrogens (tertiary/aromatic N) is 1. The van der Waals surface area contributed by atoms with Gasteiger partial charge in [-0.25, -0.2) is 12.7 Å². The molecule has 116 valence electrons. The van der Waals surface area contributed by atoms with Crippen LogP contribution >= 0.6 is 11.8 Å². The second-order valence-electron chi connectivity index (χ2n) is 5.27. The Morgan fingerprint density at radius 2 is 2.10 bits per heavy atom. The molecule has 1 amide bonds. The van der Waals surface area contributed by atoms with Crippen molar-refractivity contribution in [3.8, 4) is 0 Å². The van der Waals surface area contributed by atoms with E-state index in [-0.39, 0.29) is 10.8 Å². The van der Waals surface area contributed by atoms with E-state index in [2.05, 4.69) is 5.32 Å². The lowest BCUT2D eigenvalue weighted by atomic mass is 10.2. The molecule has 5 nitrogen and oxygen atoms in total. The number of rotatable bonds is 7. The van der Waals surface area contributed by atoms with E-state index in [9.17, 15) is 13.2 Å². The summed E-state index contributed by atoms with van der Waals surface area (Å²) in [5.41, 5.74) is 0.905. The third-order valence-electron chi connectivity index (χ3n) is 3.12. The van der Waals surface area contributed by atoms with Gasteiger partial charge < -0.3 is 5.32 Å². The fraction of sp³-hybridized carbons (Fsp3) is 0.500. The minimum Gasteiger partial charge on any atom is -0.353 e. The molecule has 0 heterocycles. The molecule has 1 fully saturated rings. The smallest absolute Gasteiger partial charge is 0.242 e. The van der Waals surface area contributed by atoms with Crippen molar-refractivity contribution in [1.29, 1.82) is 0 Å². The van der Waals surface area contributed by atoms with Gasteiger partial charge in [0.25, 0.3) is 0 Å². The molecular formula is C14H20N2O3S2. The number of hydrogen-bond acceptors (Lipinski definition) is 4. The third-order valence-corrected chi connectivity index (χ3v) is 5.94. The quantitative estimate of drug-likeness (QED) is 0.823. The summed E-state index contributed by atoms with van der Waals surface area (Å²) in [4.78, 5) is 11.8. The normalized spacial score (nSPS) is 15.2. The van der Waals surface area contributed by atoms with Crippen molar-refractivity contribution in [3.63, 3.8) is 0 Å². The van der Waals surface area contributed by atoms with Crippen molar-refractivity contribution in [3.05, 3.63) is 29.8 Å². The zero-order valence-corrected chi connectivity index (χ0v) is 13.8. The molecule has 7 heteroatoms. The topological polar surface area (TPSA) is 66.5 Å². The van der Waals surface area contributed by atoms with Crippen LogP contribution in [0.25, 0.3) is 0 Å². The largest absolute Gasteiger partial charge is 0.353 e. The summed E-state index contributed by atoms with van der Waals surface area (Å²) in [7, 11) is -0.378. The molecule has 0 unspecified atom stereocenters. The summed E-state index contributed by atoms with van der Waals surface area (Å²) in [5, 5.41) is 2.93. The van der Waals surface area contributed by atoms with Crippen LogP contribution in [0.4, 0.5) is 0 Å². The van der Waals surface area contributed by atoms with E-state index in [1.807, 2.05) is 6.07 Å². The maximum absolute atomic E-state index is 12.0. The first-order valence-electron chi connectivity index (χ1n) is 6.78. The van der Waals surface area contributed by atoms with Gasteiger partial charge in [0.1, 0.15) is 0 Å². The average Bonchev–Trinajstić information content (AvgIpc) is 3.22. The van der Waals surface area contributed by atoms with E-state index in [4.69, 9.17) is 0 Å². The minimum atomic E-state index is -3.40. The van der Waals surface area contributed by atoms with Crippen LogP contribution in [0.15, 0.2) is 29.2 Å². The second-order valence-corrected chi connectivity index (χ2v) is 8.41. The Hall–Kier alpha value is -1.05. The number of hydrogen-bond donors (Lipinski definition) is 1. The molecule has 21 heavy (non-hydrogen) atoms. The van der Waals surface area contributed by atoms with Gasteiger partial charge in [-0.15, -0.1) is 11.8 Å². The molecule has 0 atom stereocenters. The van der Waals surface area contributed by atoms with Gasteiger partial charge >= 0.3 is 0 Å². The summed E-state index contributed by atoms with van der Waals surface area (Å²) < 4.78 is 25.3. The molecule has 1 saturated carbocycles. The standard InChI is InChI=1S/C14H20N2O3S2/c1-16(2)21(18,19)13-5-3-4-11(8-13)9-20-10-14(17)15-12-6-7-12/h3-5,8,12H,6-7,9-10H2,1-2H3,(H,15,17). The van der Waals surface area contributed by atoms with Gasteiger partial charge in [-0.05, 0) is 30.5 Å². The van der Waals surface area contributed by atoms with E-state index in [1.54, 1.807) is 18.2 Å². The summed E-state index contributed by atoms with van der Waals surface area (Å²) in [6.45, 7) is 0. The Bertz CT molecular complexity index is 610. The fourth-order valence-corrected chi connectivity index (χ4v) is 3.52. The lowest BCUT2D eigenvalue weighted by molar-refractivity contribution is -0.118. The van der Waals surface area contributed by atoms with Gasteiger partial charge in [-0.3, -0.25) is 4.79 Å². The molecule has 0 spiro atoms. The molecule has 1 aliphatic carbocycles. The lowest BCUT2D eigenvalue weighted by Crippen LogP contribution is -2.27. The zero-order valence-electron chi connectivity index (χ0n) is 12.2. The van der Waals surface area contributed by atoms with Gasteiger partial charge in [0.05, 0.1) is 10.6 Å². The van der Waals surface area contributed by atoms with Crippen LogP contribution in [0.5, 0.6) is 0 Å². The first-order chi connectivity index (χ1) is 9.89. The molecule has 0 saturated heterocycles. The van der Waals surface area contributed by atoms with E-state index in [0.717, 1.165) is 18.4 Å². The van der Waals surface area contributed by atoms with E-state index in [0.29, 0.717) is 17.5 Å². The number of carbonyl (C=O) groups is 1. The van der Waals surface area contributed by atoms with Gasteiger partial charge in [0.2, 0.25) is 15.9 Å². The van der Waals surface area contributed by atoms with Crippen LogP contribution in [0.2, 0.25) is 0 Å². The molecule has 2 rings (SSSR count). The van der Waals surface area contributed by atoms with Crippen molar-refractivity contribution in [2.45, 2.75) is 29.5 Å². The SMILES string of the molecule is CN(C)S(=O)(=O)c1cccc(CSCC(=O)NC2CC2)c1. The highest BCUT2D eigenvalue weighted by molar-refractivity contribution is 7.99. The van der Waals surface area contributed by atoms with Crippen molar-refractivity contribution in [2.75, 3.05) is 19.8 Å². The number of carbonyl (C=O) groups excluding carboxylic acids is 1. The summed E-state index contributed by atoms with van der Waals surface area (Å²) >= 11 is 1.49. The average molecular weight is 328 g/mol.